The summed E-state index contributed by atoms with van der Waals surface area (Å²) in [6.07, 6.45) is -8.88. The maximum absolute atomic E-state index is 13.9. The number of allylic oxidation sites excluding steroid dienone is 1. The Bertz CT molecular complexity index is 1390. The fourth-order valence-electron chi connectivity index (χ4n) is 3.99. The quantitative estimate of drug-likeness (QED) is 0.289. The molecule has 0 spiro atoms. The van der Waals surface area contributed by atoms with E-state index in [0.29, 0.717) is 35.3 Å². The van der Waals surface area contributed by atoms with Crippen LogP contribution in [0, 0.1) is 0 Å². The van der Waals surface area contributed by atoms with Crippen LogP contribution in [0.15, 0.2) is 53.6 Å². The SMILES string of the molecule is CN(C)CCN1C(=O)S/C(=C(/Cc2ccc(C(F)(F)F)cc2C(F)(F)F)c2ccc3[nH]ccc3c2)C1=O. The van der Waals surface area contributed by atoms with Gasteiger partial charge in [-0.1, -0.05) is 12.1 Å². The maximum Gasteiger partial charge on any atom is 0.416 e. The molecule has 2 heterocycles. The molecule has 0 radical (unpaired) electrons. The number of fused-ring (bicyclic) bond motifs is 1. The van der Waals surface area contributed by atoms with E-state index in [1.165, 1.54) is 0 Å². The summed E-state index contributed by atoms with van der Waals surface area (Å²) in [7, 11) is 3.52. The highest BCUT2D eigenvalue weighted by Crippen LogP contribution is 2.42. The van der Waals surface area contributed by atoms with Crippen LogP contribution in [0.25, 0.3) is 16.5 Å². The van der Waals surface area contributed by atoms with Gasteiger partial charge in [-0.15, -0.1) is 0 Å². The van der Waals surface area contributed by atoms with Gasteiger partial charge in [-0.2, -0.15) is 26.3 Å². The van der Waals surface area contributed by atoms with Gasteiger partial charge in [-0.3, -0.25) is 14.5 Å². The van der Waals surface area contributed by atoms with Gasteiger partial charge >= 0.3 is 12.4 Å². The first-order valence-corrected chi connectivity index (χ1v) is 11.8. The van der Waals surface area contributed by atoms with E-state index < -0.39 is 46.6 Å². The molecule has 2 aromatic carbocycles. The van der Waals surface area contributed by atoms with Crippen LogP contribution in [0.4, 0.5) is 31.1 Å². The molecule has 5 nitrogen and oxygen atoms in total. The number of carbonyl (C=O) groups excluding carboxylic acids is 2. The summed E-state index contributed by atoms with van der Waals surface area (Å²) in [6, 6.07) is 8.10. The van der Waals surface area contributed by atoms with Gasteiger partial charge in [0.15, 0.2) is 0 Å². The van der Waals surface area contributed by atoms with Crippen molar-refractivity contribution < 1.29 is 35.9 Å². The second-order valence-electron chi connectivity index (χ2n) is 8.76. The Hall–Kier alpha value is -3.25. The van der Waals surface area contributed by atoms with E-state index in [9.17, 15) is 35.9 Å². The maximum atomic E-state index is 13.9. The van der Waals surface area contributed by atoms with Crippen LogP contribution in [-0.4, -0.2) is 53.1 Å². The third-order valence-electron chi connectivity index (χ3n) is 5.91. The summed E-state index contributed by atoms with van der Waals surface area (Å²) in [4.78, 5) is 31.6. The Balaban J connectivity index is 1.86. The molecule has 3 aromatic rings. The van der Waals surface area contributed by atoms with Gasteiger partial charge in [0.1, 0.15) is 0 Å². The van der Waals surface area contributed by atoms with Crippen LogP contribution in [0.3, 0.4) is 0 Å². The number of aromatic nitrogens is 1. The highest BCUT2D eigenvalue weighted by Gasteiger charge is 2.40. The lowest BCUT2D eigenvalue weighted by atomic mass is 9.92. The number of rotatable bonds is 6. The van der Waals surface area contributed by atoms with Gasteiger partial charge in [0.2, 0.25) is 0 Å². The van der Waals surface area contributed by atoms with E-state index in [4.69, 9.17) is 0 Å². The fraction of sp³-hybridized carbons (Fsp3) is 0.280. The number of hydrogen-bond acceptors (Lipinski definition) is 4. The minimum absolute atomic E-state index is 0.0494. The van der Waals surface area contributed by atoms with Crippen molar-refractivity contribution in [2.24, 2.45) is 0 Å². The highest BCUT2D eigenvalue weighted by molar-refractivity contribution is 8.18. The van der Waals surface area contributed by atoms with Crippen molar-refractivity contribution in [3.63, 3.8) is 0 Å². The predicted molar refractivity (Wildman–Crippen MR) is 129 cm³/mol. The number of nitrogens with one attached hydrogen (secondary N) is 1. The molecule has 0 aliphatic carbocycles. The third kappa shape index (κ3) is 5.69. The summed E-state index contributed by atoms with van der Waals surface area (Å²) >= 11 is 0.613. The number of halogens is 6. The number of aromatic amines is 1. The normalized spacial score (nSPS) is 16.4. The topological polar surface area (TPSA) is 56.4 Å². The van der Waals surface area contributed by atoms with Crippen LogP contribution in [0.2, 0.25) is 0 Å². The monoisotopic (exact) mass is 541 g/mol. The summed E-state index contributed by atoms with van der Waals surface area (Å²) < 4.78 is 81.1. The average Bonchev–Trinajstić information content (AvgIpc) is 3.38. The molecule has 196 valence electrons. The highest BCUT2D eigenvalue weighted by atomic mass is 32.2. The van der Waals surface area contributed by atoms with Crippen molar-refractivity contribution in [1.82, 2.24) is 14.8 Å². The van der Waals surface area contributed by atoms with Crippen LogP contribution in [0.5, 0.6) is 0 Å². The largest absolute Gasteiger partial charge is 0.416 e. The Morgan fingerprint density at radius 3 is 2.35 bits per heavy atom. The van der Waals surface area contributed by atoms with Crippen molar-refractivity contribution >= 4 is 39.4 Å². The smallest absolute Gasteiger partial charge is 0.361 e. The molecule has 1 aromatic heterocycles. The van der Waals surface area contributed by atoms with Gasteiger partial charge < -0.3 is 9.88 Å². The third-order valence-corrected chi connectivity index (χ3v) is 6.93. The summed E-state index contributed by atoms with van der Waals surface area (Å²) in [5, 5.41) is 0.149. The summed E-state index contributed by atoms with van der Waals surface area (Å²) in [6.45, 7) is 0.465. The van der Waals surface area contributed by atoms with Gasteiger partial charge in [0, 0.05) is 24.8 Å². The predicted octanol–water partition coefficient (Wildman–Crippen LogP) is 6.42. The van der Waals surface area contributed by atoms with E-state index in [1.54, 1.807) is 49.5 Å². The van der Waals surface area contributed by atoms with Crippen molar-refractivity contribution in [2.45, 2.75) is 18.8 Å². The second-order valence-corrected chi connectivity index (χ2v) is 9.72. The molecule has 0 bridgehead atoms. The van der Waals surface area contributed by atoms with E-state index in [0.717, 1.165) is 16.5 Å². The van der Waals surface area contributed by atoms with Crippen molar-refractivity contribution in [3.05, 3.63) is 75.8 Å². The Kier molecular flexibility index (Phi) is 7.17. The number of nitrogens with zero attached hydrogens (tertiary/aromatic N) is 2. The Morgan fingerprint density at radius 2 is 1.70 bits per heavy atom. The molecule has 0 unspecified atom stereocenters. The van der Waals surface area contributed by atoms with Crippen LogP contribution < -0.4 is 0 Å². The van der Waals surface area contributed by atoms with Crippen LogP contribution in [-0.2, 0) is 23.6 Å². The zero-order chi connectivity index (χ0) is 27.1. The zero-order valence-electron chi connectivity index (χ0n) is 19.6. The first kappa shape index (κ1) is 26.8. The lowest BCUT2D eigenvalue weighted by Crippen LogP contribution is -2.34. The van der Waals surface area contributed by atoms with E-state index in [2.05, 4.69) is 4.98 Å². The zero-order valence-corrected chi connectivity index (χ0v) is 20.4. The summed E-state index contributed by atoms with van der Waals surface area (Å²) in [5.41, 5.74) is -2.06. The molecule has 12 heteroatoms. The number of amides is 2. The fourth-order valence-corrected chi connectivity index (χ4v) is 4.96. The lowest BCUT2D eigenvalue weighted by molar-refractivity contribution is -0.143. The van der Waals surface area contributed by atoms with Gasteiger partial charge in [-0.25, -0.2) is 0 Å². The Labute approximate surface area is 212 Å². The molecule has 0 atom stereocenters. The molecule has 0 saturated carbocycles. The van der Waals surface area contributed by atoms with Crippen LogP contribution >= 0.6 is 11.8 Å². The van der Waals surface area contributed by atoms with Crippen molar-refractivity contribution in [1.29, 1.82) is 0 Å². The minimum Gasteiger partial charge on any atom is -0.361 e. The molecule has 1 aliphatic rings. The van der Waals surface area contributed by atoms with Crippen molar-refractivity contribution in [3.8, 4) is 0 Å². The molecule has 37 heavy (non-hydrogen) atoms. The second kappa shape index (κ2) is 9.90. The van der Waals surface area contributed by atoms with Gasteiger partial charge in [0.05, 0.1) is 16.0 Å². The number of imide groups is 1. The standard InChI is InChI=1S/C25H21F6N3O2S/c1-33(2)9-10-34-22(35)21(37-23(34)36)18(14-4-6-20-16(11-14)7-8-32-20)12-15-3-5-17(24(26,27)28)13-19(15)25(29,30)31/h3-8,11,13,32H,9-10,12H2,1-2H3/b21-18-. The molecule has 1 saturated heterocycles. The average molecular weight is 542 g/mol. The van der Waals surface area contributed by atoms with Gasteiger partial charge in [-0.05, 0) is 84.7 Å². The van der Waals surface area contributed by atoms with Gasteiger partial charge in [0.25, 0.3) is 11.1 Å². The van der Waals surface area contributed by atoms with E-state index in [1.807, 2.05) is 0 Å². The number of thioether (sulfide) groups is 1. The van der Waals surface area contributed by atoms with Crippen molar-refractivity contribution in [2.75, 3.05) is 27.2 Å². The number of H-pyrrole nitrogens is 1. The number of hydrogen-bond donors (Lipinski definition) is 1. The molecular formula is C25H21F6N3O2S. The van der Waals surface area contributed by atoms with E-state index >= 15 is 0 Å². The molecule has 4 rings (SSSR count). The molecule has 1 aliphatic heterocycles. The minimum atomic E-state index is -5.07. The van der Waals surface area contributed by atoms with Crippen LogP contribution in [0.1, 0.15) is 22.3 Å². The molecule has 2 amide bonds. The number of benzene rings is 2. The summed E-state index contributed by atoms with van der Waals surface area (Å²) in [5.74, 6) is -0.651. The lowest BCUT2D eigenvalue weighted by Gasteiger charge is -2.19. The molecule has 1 N–H and O–H groups in total. The Morgan fingerprint density at radius 1 is 0.973 bits per heavy atom. The first-order valence-electron chi connectivity index (χ1n) is 11.0. The first-order chi connectivity index (χ1) is 17.3. The number of likely N-dealkylation sites (N-methyl/N-ethyl adjacent to an activating group) is 1. The number of alkyl halides is 6. The number of carbonyl (C=O) groups is 2. The van der Waals surface area contributed by atoms with E-state index in [-0.39, 0.29) is 23.1 Å². The molecule has 1 fully saturated rings. The molecular weight excluding hydrogens is 520 g/mol.